The van der Waals surface area contributed by atoms with E-state index in [1.807, 2.05) is 48.5 Å². The lowest BCUT2D eigenvalue weighted by Gasteiger charge is -2.04. The van der Waals surface area contributed by atoms with Crippen LogP contribution in [0.3, 0.4) is 0 Å². The fourth-order valence-corrected chi connectivity index (χ4v) is 4.11. The van der Waals surface area contributed by atoms with Gasteiger partial charge in [-0.05, 0) is 17.7 Å². The van der Waals surface area contributed by atoms with E-state index in [1.54, 1.807) is 23.1 Å². The molecule has 3 nitrogen and oxygen atoms in total. The van der Waals surface area contributed by atoms with E-state index in [1.165, 1.54) is 4.70 Å². The average Bonchev–Trinajstić information content (AvgIpc) is 2.96. The number of hydrogen-bond acceptors (Lipinski definition) is 4. The molecule has 1 N–H and O–H groups in total. The first-order chi connectivity index (χ1) is 10.8. The minimum Gasteiger partial charge on any atom is -0.352 e. The summed E-state index contributed by atoms with van der Waals surface area (Å²) in [7, 11) is 0. The van der Waals surface area contributed by atoms with Gasteiger partial charge in [0.15, 0.2) is 4.34 Å². The predicted molar refractivity (Wildman–Crippen MR) is 93.2 cm³/mol. The Hall–Kier alpha value is -1.85. The van der Waals surface area contributed by atoms with Crippen LogP contribution in [0.15, 0.2) is 58.9 Å². The molecule has 0 fully saturated rings. The Balaban J connectivity index is 1.43. The number of carbonyl (C=O) groups excluding carboxylic acids is 1. The van der Waals surface area contributed by atoms with Crippen molar-refractivity contribution in [1.29, 1.82) is 0 Å². The summed E-state index contributed by atoms with van der Waals surface area (Å²) in [5.41, 5.74) is 2.15. The van der Waals surface area contributed by atoms with Crippen molar-refractivity contribution < 1.29 is 4.79 Å². The van der Waals surface area contributed by atoms with Crippen molar-refractivity contribution in [3.05, 3.63) is 60.2 Å². The number of amides is 1. The van der Waals surface area contributed by atoms with Crippen molar-refractivity contribution in [1.82, 2.24) is 10.3 Å². The second-order valence-corrected chi connectivity index (χ2v) is 7.18. The third-order valence-electron chi connectivity index (χ3n) is 3.16. The van der Waals surface area contributed by atoms with Crippen molar-refractivity contribution >= 4 is 39.2 Å². The number of thioether (sulfide) groups is 1. The maximum Gasteiger partial charge on any atom is 0.221 e. The first-order valence-electron chi connectivity index (χ1n) is 7.10. The number of nitrogens with one attached hydrogen (secondary N) is 1. The summed E-state index contributed by atoms with van der Waals surface area (Å²) < 4.78 is 2.22. The van der Waals surface area contributed by atoms with Crippen LogP contribution in [0.25, 0.3) is 10.2 Å². The van der Waals surface area contributed by atoms with E-state index >= 15 is 0 Å². The van der Waals surface area contributed by atoms with Crippen molar-refractivity contribution in [2.75, 3.05) is 5.75 Å². The first-order valence-corrected chi connectivity index (χ1v) is 8.90. The van der Waals surface area contributed by atoms with Gasteiger partial charge >= 0.3 is 0 Å². The van der Waals surface area contributed by atoms with E-state index in [2.05, 4.69) is 16.4 Å². The molecular formula is C17H16N2OS2. The van der Waals surface area contributed by atoms with Gasteiger partial charge in [0, 0.05) is 18.7 Å². The van der Waals surface area contributed by atoms with Gasteiger partial charge in [0.05, 0.1) is 10.2 Å². The van der Waals surface area contributed by atoms with Crippen LogP contribution in [0.4, 0.5) is 0 Å². The molecule has 3 aromatic rings. The molecule has 112 valence electrons. The smallest absolute Gasteiger partial charge is 0.221 e. The normalized spacial score (nSPS) is 10.7. The molecule has 0 saturated carbocycles. The van der Waals surface area contributed by atoms with Crippen LogP contribution in [0.1, 0.15) is 12.0 Å². The molecule has 0 aliphatic rings. The minimum absolute atomic E-state index is 0.0810. The number of aromatic nitrogens is 1. The summed E-state index contributed by atoms with van der Waals surface area (Å²) in [6, 6.07) is 18.0. The fourth-order valence-electron chi connectivity index (χ4n) is 2.03. The molecule has 0 spiro atoms. The van der Waals surface area contributed by atoms with E-state index in [4.69, 9.17) is 0 Å². The van der Waals surface area contributed by atoms with E-state index in [-0.39, 0.29) is 5.91 Å². The Labute approximate surface area is 137 Å². The first kappa shape index (κ1) is 15.1. The maximum absolute atomic E-state index is 11.8. The summed E-state index contributed by atoms with van der Waals surface area (Å²) in [5, 5.41) is 2.94. The Morgan fingerprint density at radius 3 is 2.68 bits per heavy atom. The third-order valence-corrected chi connectivity index (χ3v) is 5.34. The minimum atomic E-state index is 0.0810. The molecule has 0 aliphatic heterocycles. The van der Waals surface area contributed by atoms with Crippen LogP contribution in [0.5, 0.6) is 0 Å². The summed E-state index contributed by atoms with van der Waals surface area (Å²) >= 11 is 3.32. The van der Waals surface area contributed by atoms with E-state index < -0.39 is 0 Å². The Morgan fingerprint density at radius 1 is 1.09 bits per heavy atom. The van der Waals surface area contributed by atoms with E-state index in [0.717, 1.165) is 21.2 Å². The molecule has 0 radical (unpaired) electrons. The van der Waals surface area contributed by atoms with Gasteiger partial charge in [0.25, 0.3) is 0 Å². The fraction of sp³-hybridized carbons (Fsp3) is 0.176. The average molecular weight is 328 g/mol. The highest BCUT2D eigenvalue weighted by Gasteiger charge is 2.06. The topological polar surface area (TPSA) is 42.0 Å². The maximum atomic E-state index is 11.8. The van der Waals surface area contributed by atoms with Gasteiger partial charge in [-0.25, -0.2) is 4.98 Å². The molecule has 0 saturated heterocycles. The number of hydrogen-bond donors (Lipinski definition) is 1. The Kier molecular flexibility index (Phi) is 5.08. The largest absolute Gasteiger partial charge is 0.352 e. The molecule has 1 aromatic heterocycles. The second kappa shape index (κ2) is 7.42. The van der Waals surface area contributed by atoms with Crippen LogP contribution in [-0.2, 0) is 11.3 Å². The summed E-state index contributed by atoms with van der Waals surface area (Å²) in [6.07, 6.45) is 0.507. The highest BCUT2D eigenvalue weighted by molar-refractivity contribution is 8.01. The molecule has 5 heteroatoms. The quantitative estimate of drug-likeness (QED) is 0.693. The Morgan fingerprint density at radius 2 is 1.86 bits per heavy atom. The van der Waals surface area contributed by atoms with Gasteiger partial charge in [0.2, 0.25) is 5.91 Å². The lowest BCUT2D eigenvalue weighted by atomic mass is 10.2. The summed E-state index contributed by atoms with van der Waals surface area (Å²) in [6.45, 7) is 0.589. The molecule has 22 heavy (non-hydrogen) atoms. The highest BCUT2D eigenvalue weighted by atomic mass is 32.2. The molecule has 1 heterocycles. The van der Waals surface area contributed by atoms with Gasteiger partial charge in [-0.2, -0.15) is 0 Å². The molecule has 3 rings (SSSR count). The summed E-state index contributed by atoms with van der Waals surface area (Å²) in [4.78, 5) is 16.4. The number of carbonyl (C=O) groups is 1. The molecule has 0 atom stereocenters. The molecule has 2 aromatic carbocycles. The predicted octanol–water partition coefficient (Wildman–Crippen LogP) is 4.09. The molecule has 0 bridgehead atoms. The number of rotatable bonds is 6. The zero-order chi connectivity index (χ0) is 15.2. The van der Waals surface area contributed by atoms with Crippen molar-refractivity contribution in [2.24, 2.45) is 0 Å². The third kappa shape index (κ3) is 4.08. The van der Waals surface area contributed by atoms with Crippen LogP contribution < -0.4 is 5.32 Å². The number of fused-ring (bicyclic) bond motifs is 1. The Bertz CT molecular complexity index is 722. The number of benzene rings is 2. The number of thiazole rings is 1. The lowest BCUT2D eigenvalue weighted by Crippen LogP contribution is -2.22. The van der Waals surface area contributed by atoms with E-state index in [9.17, 15) is 4.79 Å². The highest BCUT2D eigenvalue weighted by Crippen LogP contribution is 2.29. The van der Waals surface area contributed by atoms with Crippen molar-refractivity contribution in [3.8, 4) is 0 Å². The molecular weight excluding hydrogens is 312 g/mol. The number of nitrogens with zero attached hydrogens (tertiary/aromatic N) is 1. The SMILES string of the molecule is O=C(CCSc1nc2ccccc2s1)NCc1ccccc1. The van der Waals surface area contributed by atoms with Crippen molar-refractivity contribution in [2.45, 2.75) is 17.3 Å². The molecule has 0 unspecified atom stereocenters. The monoisotopic (exact) mass is 328 g/mol. The van der Waals surface area contributed by atoms with Crippen LogP contribution in [0.2, 0.25) is 0 Å². The molecule has 1 amide bonds. The van der Waals surface area contributed by atoms with Gasteiger partial charge in [-0.15, -0.1) is 11.3 Å². The standard InChI is InChI=1S/C17H16N2OS2/c20-16(18-12-13-6-2-1-3-7-13)10-11-21-17-19-14-8-4-5-9-15(14)22-17/h1-9H,10-12H2,(H,18,20). The molecule has 0 aliphatic carbocycles. The van der Waals surface area contributed by atoms with Gasteiger partial charge < -0.3 is 5.32 Å². The van der Waals surface area contributed by atoms with Gasteiger partial charge in [-0.1, -0.05) is 54.2 Å². The lowest BCUT2D eigenvalue weighted by molar-refractivity contribution is -0.120. The van der Waals surface area contributed by atoms with Gasteiger partial charge in [0.1, 0.15) is 0 Å². The van der Waals surface area contributed by atoms with Gasteiger partial charge in [-0.3, -0.25) is 4.79 Å². The van der Waals surface area contributed by atoms with Crippen molar-refractivity contribution in [3.63, 3.8) is 0 Å². The zero-order valence-corrected chi connectivity index (χ0v) is 13.6. The van der Waals surface area contributed by atoms with E-state index in [0.29, 0.717) is 13.0 Å². The second-order valence-electron chi connectivity index (χ2n) is 4.81. The zero-order valence-electron chi connectivity index (χ0n) is 12.0. The van der Waals surface area contributed by atoms with Crippen LogP contribution in [0, 0.1) is 0 Å². The summed E-state index contributed by atoms with van der Waals surface area (Å²) in [5.74, 6) is 0.831. The van der Waals surface area contributed by atoms with Crippen LogP contribution in [-0.4, -0.2) is 16.6 Å². The van der Waals surface area contributed by atoms with Crippen LogP contribution >= 0.6 is 23.1 Å². The number of para-hydroxylation sites is 1.